The summed E-state index contributed by atoms with van der Waals surface area (Å²) < 4.78 is 34.9. The van der Waals surface area contributed by atoms with Crippen molar-refractivity contribution in [3.05, 3.63) is 36.0 Å². The van der Waals surface area contributed by atoms with Crippen LogP contribution in [0.1, 0.15) is 45.1 Å². The molecule has 3 rings (SSSR count). The van der Waals surface area contributed by atoms with Crippen molar-refractivity contribution in [2.45, 2.75) is 63.4 Å². The molecule has 0 unspecified atom stereocenters. The number of fused-ring (bicyclic) bond motifs is 1. The first-order chi connectivity index (χ1) is 17.5. The standard InChI is InChI=1S/C25H36N6O5S/c1-4-36-24(33)20-14-16(2)10-12-31(20)23(32)19(8-6-11-28-25(26)27)30-37(34,35)21-9-5-7-18-13-17(3)15-29-22(18)21/h5,7,9,13,15-16,19-20,30H,4,6,8,10-12,14H2,1-3H3,(H4,26,27,28)/t16-,19-,20+/m1/s1. The van der Waals surface area contributed by atoms with Gasteiger partial charge in [0.1, 0.15) is 17.0 Å². The molecule has 5 N–H and O–H groups in total. The van der Waals surface area contributed by atoms with Gasteiger partial charge >= 0.3 is 5.97 Å². The summed E-state index contributed by atoms with van der Waals surface area (Å²) in [6.45, 7) is 6.33. The fourth-order valence-corrected chi connectivity index (χ4v) is 5.92. The van der Waals surface area contributed by atoms with Gasteiger partial charge in [0, 0.05) is 24.7 Å². The number of aromatic nitrogens is 1. The normalized spacial score (nSPS) is 18.8. The molecule has 0 aliphatic carbocycles. The third-order valence-corrected chi connectivity index (χ3v) is 7.85. The molecule has 1 aliphatic heterocycles. The van der Waals surface area contributed by atoms with E-state index in [1.807, 2.05) is 19.9 Å². The average molecular weight is 533 g/mol. The Balaban J connectivity index is 1.93. The number of sulfonamides is 1. The number of pyridine rings is 1. The smallest absolute Gasteiger partial charge is 0.328 e. The lowest BCUT2D eigenvalue weighted by Gasteiger charge is -2.38. The van der Waals surface area contributed by atoms with Crippen molar-refractivity contribution < 1.29 is 22.7 Å². The number of rotatable bonds is 10. The van der Waals surface area contributed by atoms with Crippen LogP contribution in [0.5, 0.6) is 0 Å². The van der Waals surface area contributed by atoms with E-state index in [0.29, 0.717) is 36.7 Å². The Morgan fingerprint density at radius 1 is 1.32 bits per heavy atom. The number of likely N-dealkylation sites (tertiary alicyclic amines) is 1. The number of guanidine groups is 1. The number of nitrogens with two attached hydrogens (primary N) is 2. The SMILES string of the molecule is CCOC(=O)[C@@H]1C[C@H](C)CCN1C(=O)[C@@H](CCCN=C(N)N)NS(=O)(=O)c1cccc2cc(C)cnc12. The van der Waals surface area contributed by atoms with Crippen LogP contribution in [0.4, 0.5) is 0 Å². The van der Waals surface area contributed by atoms with E-state index >= 15 is 0 Å². The Hall–Kier alpha value is -3.25. The first-order valence-corrected chi connectivity index (χ1v) is 13.9. The van der Waals surface area contributed by atoms with Crippen LogP contribution in [0, 0.1) is 12.8 Å². The van der Waals surface area contributed by atoms with Gasteiger partial charge in [-0.15, -0.1) is 0 Å². The van der Waals surface area contributed by atoms with Crippen LogP contribution in [-0.2, 0) is 24.3 Å². The summed E-state index contributed by atoms with van der Waals surface area (Å²) in [6.07, 6.45) is 3.22. The Morgan fingerprint density at radius 2 is 2.08 bits per heavy atom. The van der Waals surface area contributed by atoms with E-state index < -0.39 is 34.0 Å². The maximum absolute atomic E-state index is 13.8. The van der Waals surface area contributed by atoms with Gasteiger partial charge in [-0.2, -0.15) is 4.72 Å². The van der Waals surface area contributed by atoms with Gasteiger partial charge in [-0.05, 0) is 63.1 Å². The molecule has 1 aromatic heterocycles. The molecule has 1 aliphatic rings. The Morgan fingerprint density at radius 3 is 2.78 bits per heavy atom. The van der Waals surface area contributed by atoms with E-state index in [-0.39, 0.29) is 36.3 Å². The molecular weight excluding hydrogens is 496 g/mol. The van der Waals surface area contributed by atoms with Gasteiger partial charge in [0.15, 0.2) is 5.96 Å². The quantitative estimate of drug-likeness (QED) is 0.179. The van der Waals surface area contributed by atoms with Gasteiger partial charge in [0.2, 0.25) is 15.9 Å². The lowest BCUT2D eigenvalue weighted by Crippen LogP contribution is -2.56. The molecule has 1 saturated heterocycles. The molecule has 11 nitrogen and oxygen atoms in total. The van der Waals surface area contributed by atoms with Crippen molar-refractivity contribution in [1.29, 1.82) is 0 Å². The number of para-hydroxylation sites is 1. The summed E-state index contributed by atoms with van der Waals surface area (Å²) in [6, 6.07) is 4.81. The van der Waals surface area contributed by atoms with Crippen LogP contribution in [0.2, 0.25) is 0 Å². The number of piperidine rings is 1. The zero-order valence-corrected chi connectivity index (χ0v) is 22.3. The summed E-state index contributed by atoms with van der Waals surface area (Å²) >= 11 is 0. The predicted octanol–water partition coefficient (Wildman–Crippen LogP) is 1.43. The molecule has 0 spiro atoms. The summed E-state index contributed by atoms with van der Waals surface area (Å²) in [7, 11) is -4.16. The minimum absolute atomic E-state index is 0.0266. The van der Waals surface area contributed by atoms with Crippen molar-refractivity contribution in [2.75, 3.05) is 19.7 Å². The zero-order valence-electron chi connectivity index (χ0n) is 21.5. The molecule has 202 valence electrons. The van der Waals surface area contributed by atoms with Crippen molar-refractivity contribution >= 4 is 38.8 Å². The largest absolute Gasteiger partial charge is 0.464 e. The third kappa shape index (κ3) is 7.16. The van der Waals surface area contributed by atoms with Crippen LogP contribution in [0.25, 0.3) is 10.9 Å². The minimum atomic E-state index is -4.16. The number of hydrogen-bond donors (Lipinski definition) is 3. The number of amides is 1. The van der Waals surface area contributed by atoms with Gasteiger partial charge in [0.25, 0.3) is 0 Å². The number of nitrogens with zero attached hydrogens (tertiary/aromatic N) is 3. The Labute approximate surface area is 217 Å². The molecule has 0 saturated carbocycles. The van der Waals surface area contributed by atoms with Crippen LogP contribution < -0.4 is 16.2 Å². The minimum Gasteiger partial charge on any atom is -0.464 e. The van der Waals surface area contributed by atoms with Crippen molar-refractivity contribution in [2.24, 2.45) is 22.4 Å². The van der Waals surface area contributed by atoms with E-state index in [2.05, 4.69) is 14.7 Å². The first kappa shape index (κ1) is 28.3. The molecular formula is C25H36N6O5S. The number of aryl methyl sites for hydroxylation is 1. The summed E-state index contributed by atoms with van der Waals surface area (Å²) in [5.41, 5.74) is 12.0. The Kier molecular flexibility index (Phi) is 9.44. The summed E-state index contributed by atoms with van der Waals surface area (Å²) in [5, 5.41) is 0.672. The second-order valence-electron chi connectivity index (χ2n) is 9.39. The predicted molar refractivity (Wildman–Crippen MR) is 141 cm³/mol. The molecule has 0 radical (unpaired) electrons. The van der Waals surface area contributed by atoms with Crippen molar-refractivity contribution in [1.82, 2.24) is 14.6 Å². The lowest BCUT2D eigenvalue weighted by molar-refractivity contribution is -0.158. The molecule has 3 atom stereocenters. The molecule has 1 amide bonds. The highest BCUT2D eigenvalue weighted by Crippen LogP contribution is 2.26. The van der Waals surface area contributed by atoms with Gasteiger partial charge < -0.3 is 21.1 Å². The number of carbonyl (C=O) groups excluding carboxylic acids is 2. The second-order valence-corrected chi connectivity index (χ2v) is 11.1. The number of benzene rings is 1. The number of ether oxygens (including phenoxy) is 1. The van der Waals surface area contributed by atoms with Crippen molar-refractivity contribution in [3.63, 3.8) is 0 Å². The van der Waals surface area contributed by atoms with Crippen LogP contribution in [0.15, 0.2) is 40.4 Å². The van der Waals surface area contributed by atoms with Crippen LogP contribution in [0.3, 0.4) is 0 Å². The fourth-order valence-electron chi connectivity index (χ4n) is 4.51. The molecule has 2 aromatic rings. The number of nitrogens with one attached hydrogen (secondary N) is 1. The molecule has 1 aromatic carbocycles. The molecule has 2 heterocycles. The number of aliphatic imine (C=N–C) groups is 1. The highest BCUT2D eigenvalue weighted by Gasteiger charge is 2.39. The monoisotopic (exact) mass is 532 g/mol. The van der Waals surface area contributed by atoms with E-state index in [1.54, 1.807) is 25.3 Å². The van der Waals surface area contributed by atoms with E-state index in [1.165, 1.54) is 11.0 Å². The highest BCUT2D eigenvalue weighted by molar-refractivity contribution is 7.89. The topological polar surface area (TPSA) is 170 Å². The maximum Gasteiger partial charge on any atom is 0.328 e. The van der Waals surface area contributed by atoms with Crippen LogP contribution in [-0.4, -0.2) is 67.9 Å². The molecule has 12 heteroatoms. The summed E-state index contributed by atoms with van der Waals surface area (Å²) in [4.78, 5) is 36.1. The van der Waals surface area contributed by atoms with Gasteiger partial charge in [-0.3, -0.25) is 14.8 Å². The van der Waals surface area contributed by atoms with E-state index in [4.69, 9.17) is 16.2 Å². The maximum atomic E-state index is 13.8. The molecule has 0 bridgehead atoms. The highest BCUT2D eigenvalue weighted by atomic mass is 32.2. The number of hydrogen-bond acceptors (Lipinski definition) is 7. The second kappa shape index (κ2) is 12.3. The summed E-state index contributed by atoms with van der Waals surface area (Å²) in [5.74, 6) is -0.839. The number of esters is 1. The fraction of sp³-hybridized carbons (Fsp3) is 0.520. The average Bonchev–Trinajstić information content (AvgIpc) is 2.84. The molecule has 1 fully saturated rings. The van der Waals surface area contributed by atoms with Gasteiger partial charge in [-0.25, -0.2) is 13.2 Å². The van der Waals surface area contributed by atoms with Gasteiger partial charge in [0.05, 0.1) is 12.1 Å². The van der Waals surface area contributed by atoms with Crippen LogP contribution >= 0.6 is 0 Å². The van der Waals surface area contributed by atoms with Gasteiger partial charge in [-0.1, -0.05) is 19.1 Å². The first-order valence-electron chi connectivity index (χ1n) is 12.4. The van der Waals surface area contributed by atoms with E-state index in [9.17, 15) is 18.0 Å². The third-order valence-electron chi connectivity index (χ3n) is 6.35. The Bertz CT molecular complexity index is 1260. The zero-order chi connectivity index (χ0) is 27.2. The number of carbonyl (C=O) groups is 2. The lowest BCUT2D eigenvalue weighted by atomic mass is 9.91. The van der Waals surface area contributed by atoms with E-state index in [0.717, 1.165) is 5.56 Å². The molecule has 37 heavy (non-hydrogen) atoms. The van der Waals surface area contributed by atoms with Crippen molar-refractivity contribution in [3.8, 4) is 0 Å².